The number of ether oxygens (including phenoxy) is 1. The number of carbonyl (C=O) groups excluding carboxylic acids is 1. The lowest BCUT2D eigenvalue weighted by molar-refractivity contribution is -0.0369. The van der Waals surface area contributed by atoms with Crippen molar-refractivity contribution < 1.29 is 17.9 Å². The van der Waals surface area contributed by atoms with Gasteiger partial charge in [-0.1, -0.05) is 35.9 Å². The van der Waals surface area contributed by atoms with Gasteiger partial charge in [-0.25, -0.2) is 13.1 Å². The lowest BCUT2D eigenvalue weighted by Gasteiger charge is -2.23. The molecule has 1 N–H and O–H groups in total. The number of fused-ring (bicyclic) bond motifs is 1. The van der Waals surface area contributed by atoms with Crippen LogP contribution in [0.2, 0.25) is 5.02 Å². The number of carbonyl (C=O) groups is 1. The second-order valence-corrected chi connectivity index (χ2v) is 12.8. The lowest BCUT2D eigenvalue weighted by Crippen LogP contribution is -2.24. The minimum atomic E-state index is -3.90. The molecular formula is C32H29ClN4O5S. The Balaban J connectivity index is 1.19. The summed E-state index contributed by atoms with van der Waals surface area (Å²) >= 11 is 6.28. The fourth-order valence-electron chi connectivity index (χ4n) is 5.21. The highest BCUT2D eigenvalue weighted by Gasteiger charge is 2.23. The van der Waals surface area contributed by atoms with E-state index < -0.39 is 15.7 Å². The van der Waals surface area contributed by atoms with Crippen LogP contribution in [-0.4, -0.2) is 35.3 Å². The van der Waals surface area contributed by atoms with Crippen LogP contribution in [0.3, 0.4) is 0 Å². The van der Waals surface area contributed by atoms with Gasteiger partial charge in [0.1, 0.15) is 0 Å². The van der Waals surface area contributed by atoms with E-state index in [1.165, 1.54) is 34.9 Å². The first-order valence-electron chi connectivity index (χ1n) is 14.0. The van der Waals surface area contributed by atoms with Crippen LogP contribution in [0, 0.1) is 0 Å². The summed E-state index contributed by atoms with van der Waals surface area (Å²) in [7, 11) is -3.90. The zero-order valence-electron chi connectivity index (χ0n) is 23.1. The van der Waals surface area contributed by atoms with Crippen molar-refractivity contribution in [3.8, 4) is 0 Å². The van der Waals surface area contributed by atoms with Crippen LogP contribution >= 0.6 is 11.6 Å². The van der Waals surface area contributed by atoms with Crippen molar-refractivity contribution in [2.75, 3.05) is 6.61 Å². The molecule has 2 aromatic heterocycles. The summed E-state index contributed by atoms with van der Waals surface area (Å²) in [4.78, 5) is 25.3. The van der Waals surface area contributed by atoms with E-state index in [2.05, 4.69) is 5.32 Å². The molecule has 1 atom stereocenters. The minimum Gasteiger partial charge on any atom is -0.356 e. The second kappa shape index (κ2) is 12.2. The Morgan fingerprint density at radius 2 is 1.81 bits per heavy atom. The summed E-state index contributed by atoms with van der Waals surface area (Å²) in [5.74, 6) is -0.431. The van der Waals surface area contributed by atoms with Gasteiger partial charge in [-0.3, -0.25) is 9.59 Å². The number of pyridine rings is 1. The predicted octanol–water partition coefficient (Wildman–Crippen LogP) is 5.36. The maximum Gasteiger partial charge on any atom is 0.251 e. The fraction of sp³-hybridized carbons (Fsp3) is 0.219. The molecule has 0 saturated carbocycles. The van der Waals surface area contributed by atoms with E-state index in [0.29, 0.717) is 23.9 Å². The summed E-state index contributed by atoms with van der Waals surface area (Å²) in [6.45, 7) is 1.12. The summed E-state index contributed by atoms with van der Waals surface area (Å²) in [5, 5.41) is 9.01. The zero-order valence-corrected chi connectivity index (χ0v) is 24.7. The van der Waals surface area contributed by atoms with E-state index in [1.807, 2.05) is 16.8 Å². The monoisotopic (exact) mass is 616 g/mol. The molecule has 43 heavy (non-hydrogen) atoms. The van der Waals surface area contributed by atoms with Crippen LogP contribution in [0.15, 0.2) is 106 Å². The summed E-state index contributed by atoms with van der Waals surface area (Å²) < 4.78 is 36.2. The van der Waals surface area contributed by atoms with E-state index >= 15 is 0 Å². The van der Waals surface area contributed by atoms with Crippen LogP contribution < -0.4 is 10.9 Å². The molecule has 0 aliphatic carbocycles. The number of nitrogens with zero attached hydrogens (tertiary/aromatic N) is 3. The number of hydrogen-bond donors (Lipinski definition) is 1. The SMILES string of the molecule is O=C(NCc1nn(C2CCCCO2)c2ccc(Cl)cc12)c1cccc(S(=O)(=O)c2ccc(Cn3ccccc3=O)cc2)c1. The van der Waals surface area contributed by atoms with Gasteiger partial charge in [-0.15, -0.1) is 0 Å². The molecule has 1 amide bonds. The molecular weight excluding hydrogens is 588 g/mol. The first-order chi connectivity index (χ1) is 20.8. The quantitative estimate of drug-likeness (QED) is 0.251. The second-order valence-electron chi connectivity index (χ2n) is 10.4. The van der Waals surface area contributed by atoms with E-state index in [1.54, 1.807) is 48.7 Å². The highest BCUT2D eigenvalue weighted by atomic mass is 35.5. The van der Waals surface area contributed by atoms with Gasteiger partial charge in [0, 0.05) is 34.8 Å². The van der Waals surface area contributed by atoms with Crippen molar-refractivity contribution in [2.24, 2.45) is 0 Å². The molecule has 0 radical (unpaired) electrons. The summed E-state index contributed by atoms with van der Waals surface area (Å²) in [5.41, 5.74) is 2.36. The standard InChI is InChI=1S/C32H29ClN4O5S/c33-24-12-15-29-27(19-24)28(35-37(29)31-9-2-4-17-42-31)20-34-32(39)23-6-5-7-26(18-23)43(40,41)25-13-10-22(11-14-25)21-36-16-3-1-8-30(36)38/h1,3,5-8,10-16,18-19,31H,2,4,9,17,20-21H2,(H,34,39). The van der Waals surface area contributed by atoms with Gasteiger partial charge in [0.2, 0.25) is 9.84 Å². The Bertz CT molecular complexity index is 1960. The number of sulfone groups is 1. The molecule has 3 heterocycles. The Hall–Kier alpha value is -4.25. The lowest BCUT2D eigenvalue weighted by atomic mass is 10.1. The summed E-state index contributed by atoms with van der Waals surface area (Å²) in [6.07, 6.45) is 4.41. The topological polar surface area (TPSA) is 112 Å². The number of rotatable bonds is 8. The molecule has 1 aliphatic heterocycles. The van der Waals surface area contributed by atoms with Crippen LogP contribution in [0.4, 0.5) is 0 Å². The molecule has 1 saturated heterocycles. The minimum absolute atomic E-state index is 0.00290. The van der Waals surface area contributed by atoms with Gasteiger partial charge < -0.3 is 14.6 Å². The maximum atomic E-state index is 13.4. The normalized spacial score (nSPS) is 15.4. The van der Waals surface area contributed by atoms with Crippen molar-refractivity contribution in [3.63, 3.8) is 0 Å². The van der Waals surface area contributed by atoms with Gasteiger partial charge in [0.15, 0.2) is 6.23 Å². The van der Waals surface area contributed by atoms with Crippen molar-refractivity contribution in [3.05, 3.63) is 123 Å². The molecule has 1 fully saturated rings. The van der Waals surface area contributed by atoms with Crippen LogP contribution in [0.5, 0.6) is 0 Å². The molecule has 5 aromatic rings. The average Bonchev–Trinajstić information content (AvgIpc) is 3.39. The van der Waals surface area contributed by atoms with Crippen LogP contribution in [-0.2, 0) is 27.7 Å². The molecule has 1 unspecified atom stereocenters. The van der Waals surface area contributed by atoms with E-state index in [9.17, 15) is 18.0 Å². The fourth-order valence-corrected chi connectivity index (χ4v) is 6.69. The maximum absolute atomic E-state index is 13.4. The molecule has 220 valence electrons. The Morgan fingerprint density at radius 1 is 0.977 bits per heavy atom. The Labute approximate surface area is 253 Å². The van der Waals surface area contributed by atoms with Gasteiger partial charge in [0.25, 0.3) is 11.5 Å². The number of hydrogen-bond acceptors (Lipinski definition) is 6. The van der Waals surface area contributed by atoms with Crippen LogP contribution in [0.25, 0.3) is 10.9 Å². The number of amides is 1. The van der Waals surface area contributed by atoms with Gasteiger partial charge >= 0.3 is 0 Å². The van der Waals surface area contributed by atoms with Crippen molar-refractivity contribution >= 4 is 38.2 Å². The number of benzene rings is 3. The molecule has 1 aliphatic rings. The van der Waals surface area contributed by atoms with Gasteiger partial charge in [0.05, 0.1) is 34.1 Å². The summed E-state index contributed by atoms with van der Waals surface area (Å²) in [6, 6.07) is 22.7. The third-order valence-electron chi connectivity index (χ3n) is 7.48. The third-order valence-corrected chi connectivity index (χ3v) is 9.48. The molecule has 0 spiro atoms. The first-order valence-corrected chi connectivity index (χ1v) is 15.8. The largest absolute Gasteiger partial charge is 0.356 e. The van der Waals surface area contributed by atoms with Crippen molar-refractivity contribution in [1.29, 1.82) is 0 Å². The van der Waals surface area contributed by atoms with Crippen molar-refractivity contribution in [2.45, 2.75) is 48.4 Å². The van der Waals surface area contributed by atoms with Gasteiger partial charge in [-0.2, -0.15) is 5.10 Å². The average molecular weight is 617 g/mol. The third kappa shape index (κ3) is 6.13. The van der Waals surface area contributed by atoms with E-state index in [0.717, 1.165) is 35.7 Å². The first kappa shape index (κ1) is 28.9. The smallest absolute Gasteiger partial charge is 0.251 e. The zero-order chi connectivity index (χ0) is 30.0. The Morgan fingerprint density at radius 3 is 2.58 bits per heavy atom. The number of halogens is 1. The highest BCUT2D eigenvalue weighted by Crippen LogP contribution is 2.30. The molecule has 9 nitrogen and oxygen atoms in total. The van der Waals surface area contributed by atoms with E-state index in [4.69, 9.17) is 21.4 Å². The molecule has 11 heteroatoms. The molecule has 6 rings (SSSR count). The van der Waals surface area contributed by atoms with Crippen molar-refractivity contribution in [1.82, 2.24) is 19.7 Å². The predicted molar refractivity (Wildman–Crippen MR) is 163 cm³/mol. The number of nitrogens with one attached hydrogen (secondary N) is 1. The Kier molecular flexibility index (Phi) is 8.16. The van der Waals surface area contributed by atoms with E-state index in [-0.39, 0.29) is 33.7 Å². The number of aromatic nitrogens is 3. The van der Waals surface area contributed by atoms with Crippen LogP contribution in [0.1, 0.15) is 47.1 Å². The van der Waals surface area contributed by atoms with Gasteiger partial charge in [-0.05, 0) is 79.4 Å². The molecule has 0 bridgehead atoms. The molecule has 3 aromatic carbocycles. The highest BCUT2D eigenvalue weighted by molar-refractivity contribution is 7.91.